The lowest BCUT2D eigenvalue weighted by atomic mass is 10.2. The maximum atomic E-state index is 11.7. The number of pyridine rings is 1. The van der Waals surface area contributed by atoms with Gasteiger partial charge in [-0.2, -0.15) is 5.10 Å². The van der Waals surface area contributed by atoms with Crippen molar-refractivity contribution < 1.29 is 19.1 Å². The number of anilines is 1. The van der Waals surface area contributed by atoms with Gasteiger partial charge in [-0.3, -0.25) is 0 Å². The highest BCUT2D eigenvalue weighted by Gasteiger charge is 2.27. The number of esters is 2. The van der Waals surface area contributed by atoms with Crippen LogP contribution in [-0.2, 0) is 9.47 Å². The molecule has 0 amide bonds. The second-order valence-electron chi connectivity index (χ2n) is 3.46. The predicted molar refractivity (Wildman–Crippen MR) is 62.3 cm³/mol. The molecule has 2 aromatic rings. The Hall–Kier alpha value is -2.57. The maximum absolute atomic E-state index is 11.7. The molecule has 7 nitrogen and oxygen atoms in total. The van der Waals surface area contributed by atoms with E-state index in [1.54, 1.807) is 18.3 Å². The Morgan fingerprint density at radius 2 is 1.94 bits per heavy atom. The average molecular weight is 249 g/mol. The van der Waals surface area contributed by atoms with Gasteiger partial charge < -0.3 is 15.2 Å². The highest BCUT2D eigenvalue weighted by molar-refractivity contribution is 6.09. The Morgan fingerprint density at radius 3 is 2.56 bits per heavy atom. The fraction of sp³-hybridized carbons (Fsp3) is 0.182. The molecule has 94 valence electrons. The van der Waals surface area contributed by atoms with Gasteiger partial charge in [0.25, 0.3) is 0 Å². The number of fused-ring (bicyclic) bond motifs is 1. The Morgan fingerprint density at radius 1 is 1.28 bits per heavy atom. The summed E-state index contributed by atoms with van der Waals surface area (Å²) >= 11 is 0. The van der Waals surface area contributed by atoms with E-state index < -0.39 is 11.9 Å². The number of hydrogen-bond donors (Lipinski definition) is 1. The number of nitrogens with zero attached hydrogens (tertiary/aromatic N) is 2. The van der Waals surface area contributed by atoms with Crippen LogP contribution in [-0.4, -0.2) is 35.8 Å². The Kier molecular flexibility index (Phi) is 2.88. The number of nitrogens with two attached hydrogens (primary N) is 1. The standard InChI is InChI=1S/C11H11N3O4/c1-17-10(15)7-8(11(16)18-2)13-14-5-3-4-6(12)9(7)14/h3-5H,12H2,1-2H3. The summed E-state index contributed by atoms with van der Waals surface area (Å²) in [6.07, 6.45) is 1.57. The van der Waals surface area contributed by atoms with E-state index in [1.807, 2.05) is 0 Å². The highest BCUT2D eigenvalue weighted by Crippen LogP contribution is 2.22. The summed E-state index contributed by atoms with van der Waals surface area (Å²) in [7, 11) is 2.42. The van der Waals surface area contributed by atoms with Gasteiger partial charge in [0.05, 0.1) is 19.9 Å². The zero-order valence-electron chi connectivity index (χ0n) is 9.84. The van der Waals surface area contributed by atoms with Gasteiger partial charge in [-0.25, -0.2) is 14.1 Å². The topological polar surface area (TPSA) is 95.9 Å². The van der Waals surface area contributed by atoms with Crippen molar-refractivity contribution >= 4 is 23.1 Å². The zero-order chi connectivity index (χ0) is 13.3. The van der Waals surface area contributed by atoms with Crippen LogP contribution in [0.25, 0.3) is 5.52 Å². The summed E-state index contributed by atoms with van der Waals surface area (Å²) in [4.78, 5) is 23.3. The minimum Gasteiger partial charge on any atom is -0.465 e. The van der Waals surface area contributed by atoms with Crippen LogP contribution in [0.2, 0.25) is 0 Å². The molecular formula is C11H11N3O4. The van der Waals surface area contributed by atoms with Crippen molar-refractivity contribution in [1.82, 2.24) is 9.61 Å². The lowest BCUT2D eigenvalue weighted by molar-refractivity contribution is 0.0553. The van der Waals surface area contributed by atoms with E-state index in [0.717, 1.165) is 0 Å². The van der Waals surface area contributed by atoms with Gasteiger partial charge in [-0.05, 0) is 12.1 Å². The molecule has 0 aliphatic rings. The van der Waals surface area contributed by atoms with Gasteiger partial charge in [0, 0.05) is 6.20 Å². The van der Waals surface area contributed by atoms with Crippen LogP contribution >= 0.6 is 0 Å². The summed E-state index contributed by atoms with van der Waals surface area (Å²) in [5.41, 5.74) is 6.31. The zero-order valence-corrected chi connectivity index (χ0v) is 9.84. The molecule has 0 saturated carbocycles. The number of hydrogen-bond acceptors (Lipinski definition) is 6. The average Bonchev–Trinajstić information content (AvgIpc) is 2.77. The van der Waals surface area contributed by atoms with Crippen LogP contribution in [0.5, 0.6) is 0 Å². The summed E-state index contributed by atoms with van der Waals surface area (Å²) < 4.78 is 10.6. The number of rotatable bonds is 2. The molecule has 2 rings (SSSR count). The molecule has 0 aliphatic heterocycles. The molecule has 0 saturated heterocycles. The van der Waals surface area contributed by atoms with Gasteiger partial charge in [0.2, 0.25) is 0 Å². The van der Waals surface area contributed by atoms with E-state index in [-0.39, 0.29) is 11.3 Å². The molecule has 0 unspecified atom stereocenters. The number of ether oxygens (including phenoxy) is 2. The van der Waals surface area contributed by atoms with Crippen molar-refractivity contribution in [1.29, 1.82) is 0 Å². The third kappa shape index (κ3) is 1.65. The number of nitrogen functional groups attached to an aromatic ring is 1. The first kappa shape index (κ1) is 11.9. The van der Waals surface area contributed by atoms with Crippen molar-refractivity contribution in [2.24, 2.45) is 0 Å². The largest absolute Gasteiger partial charge is 0.465 e. The van der Waals surface area contributed by atoms with Gasteiger partial charge in [-0.1, -0.05) is 0 Å². The molecule has 7 heteroatoms. The van der Waals surface area contributed by atoms with Crippen molar-refractivity contribution in [2.75, 3.05) is 20.0 Å². The summed E-state index contributed by atoms with van der Waals surface area (Å²) in [5, 5.41) is 3.97. The summed E-state index contributed by atoms with van der Waals surface area (Å²) in [5.74, 6) is -1.41. The first-order valence-corrected chi connectivity index (χ1v) is 5.03. The Bertz CT molecular complexity index is 632. The number of carbonyl (C=O) groups is 2. The molecule has 2 heterocycles. The molecular weight excluding hydrogens is 238 g/mol. The van der Waals surface area contributed by atoms with Crippen molar-refractivity contribution in [3.63, 3.8) is 0 Å². The van der Waals surface area contributed by atoms with E-state index in [9.17, 15) is 9.59 Å². The third-order valence-electron chi connectivity index (χ3n) is 2.46. The molecule has 0 aliphatic carbocycles. The van der Waals surface area contributed by atoms with Crippen LogP contribution in [0.15, 0.2) is 18.3 Å². The van der Waals surface area contributed by atoms with Crippen molar-refractivity contribution in [3.05, 3.63) is 29.6 Å². The second kappa shape index (κ2) is 4.36. The number of methoxy groups -OCH3 is 2. The predicted octanol–water partition coefficient (Wildman–Crippen LogP) is 0.490. The molecule has 0 atom stereocenters. The Labute approximate surface area is 102 Å². The highest BCUT2D eigenvalue weighted by atomic mass is 16.5. The van der Waals surface area contributed by atoms with Crippen molar-refractivity contribution in [2.45, 2.75) is 0 Å². The molecule has 2 aromatic heterocycles. The van der Waals surface area contributed by atoms with E-state index >= 15 is 0 Å². The summed E-state index contributed by atoms with van der Waals surface area (Å²) in [6, 6.07) is 3.25. The fourth-order valence-electron chi connectivity index (χ4n) is 1.66. The number of carbonyl (C=O) groups excluding carboxylic acids is 2. The molecule has 18 heavy (non-hydrogen) atoms. The molecule has 0 bridgehead atoms. The SMILES string of the molecule is COC(=O)c1nn2cccc(N)c2c1C(=O)OC. The minimum absolute atomic E-state index is 0.00227. The van der Waals surface area contributed by atoms with E-state index in [2.05, 4.69) is 14.6 Å². The van der Waals surface area contributed by atoms with E-state index in [1.165, 1.54) is 18.7 Å². The third-order valence-corrected chi connectivity index (χ3v) is 2.46. The van der Waals surface area contributed by atoms with Crippen LogP contribution in [0.3, 0.4) is 0 Å². The fourth-order valence-corrected chi connectivity index (χ4v) is 1.66. The molecule has 2 N–H and O–H groups in total. The van der Waals surface area contributed by atoms with E-state index in [0.29, 0.717) is 11.2 Å². The lowest BCUT2D eigenvalue weighted by Gasteiger charge is -2.01. The Balaban J connectivity index is 2.82. The first-order valence-electron chi connectivity index (χ1n) is 5.03. The first-order chi connectivity index (χ1) is 8.60. The smallest absolute Gasteiger partial charge is 0.359 e. The normalized spacial score (nSPS) is 10.3. The molecule has 0 aromatic carbocycles. The monoisotopic (exact) mass is 249 g/mol. The van der Waals surface area contributed by atoms with Gasteiger partial charge >= 0.3 is 11.9 Å². The quantitative estimate of drug-likeness (QED) is 0.778. The molecule has 0 spiro atoms. The van der Waals surface area contributed by atoms with Gasteiger partial charge in [0.1, 0.15) is 11.1 Å². The molecule has 0 radical (unpaired) electrons. The molecule has 0 fully saturated rings. The van der Waals surface area contributed by atoms with Crippen LogP contribution in [0, 0.1) is 0 Å². The number of aromatic nitrogens is 2. The van der Waals surface area contributed by atoms with Crippen LogP contribution in [0.1, 0.15) is 20.8 Å². The summed E-state index contributed by atoms with van der Waals surface area (Å²) in [6.45, 7) is 0. The second-order valence-corrected chi connectivity index (χ2v) is 3.46. The van der Waals surface area contributed by atoms with Crippen LogP contribution in [0.4, 0.5) is 5.69 Å². The van der Waals surface area contributed by atoms with Crippen molar-refractivity contribution in [3.8, 4) is 0 Å². The minimum atomic E-state index is -0.724. The van der Waals surface area contributed by atoms with E-state index in [4.69, 9.17) is 5.73 Å². The van der Waals surface area contributed by atoms with Crippen LogP contribution < -0.4 is 5.73 Å². The van der Waals surface area contributed by atoms with Gasteiger partial charge in [-0.15, -0.1) is 0 Å². The maximum Gasteiger partial charge on any atom is 0.359 e. The lowest BCUT2D eigenvalue weighted by Crippen LogP contribution is -2.11. The van der Waals surface area contributed by atoms with Gasteiger partial charge in [0.15, 0.2) is 5.69 Å².